The smallest absolute Gasteiger partial charge is 0.377 e. The molecule has 0 spiro atoms. The van der Waals surface area contributed by atoms with E-state index < -0.39 is 11.7 Å². The molecule has 0 atom stereocenters. The largest absolute Gasteiger partial charge is 0.416 e. The highest BCUT2D eigenvalue weighted by atomic mass is 35.5. The summed E-state index contributed by atoms with van der Waals surface area (Å²) in [5, 5.41) is 0.546. The molecule has 0 aliphatic carbocycles. The number of nitrogens with zero attached hydrogens (tertiary/aromatic N) is 1. The summed E-state index contributed by atoms with van der Waals surface area (Å²) in [5.74, 6) is 0. The number of anilines is 1. The van der Waals surface area contributed by atoms with E-state index in [1.165, 1.54) is 6.07 Å². The first-order valence-corrected chi connectivity index (χ1v) is 6.31. The highest BCUT2D eigenvalue weighted by molar-refractivity contribution is 6.31. The van der Waals surface area contributed by atoms with Crippen LogP contribution in [0.5, 0.6) is 0 Å². The van der Waals surface area contributed by atoms with Crippen LogP contribution in [0.2, 0.25) is 5.02 Å². The summed E-state index contributed by atoms with van der Waals surface area (Å²) in [6, 6.07) is 10.4. The maximum absolute atomic E-state index is 12.8. The lowest BCUT2D eigenvalue weighted by atomic mass is 10.0. The molecule has 2 rings (SSSR count). The van der Waals surface area contributed by atoms with Crippen molar-refractivity contribution in [3.8, 4) is 11.1 Å². The van der Waals surface area contributed by atoms with E-state index in [1.807, 2.05) is 19.0 Å². The Hall–Kier alpha value is -1.68. The van der Waals surface area contributed by atoms with Crippen molar-refractivity contribution in [3.05, 3.63) is 53.1 Å². The zero-order valence-electron chi connectivity index (χ0n) is 11.0. The molecule has 2 aromatic rings. The molecule has 0 N–H and O–H groups in total. The second-order valence-electron chi connectivity index (χ2n) is 4.63. The summed E-state index contributed by atoms with van der Waals surface area (Å²) in [7, 11) is 3.64. The van der Waals surface area contributed by atoms with E-state index in [9.17, 15) is 13.2 Å². The predicted molar refractivity (Wildman–Crippen MR) is 76.2 cm³/mol. The summed E-state index contributed by atoms with van der Waals surface area (Å²) >= 11 is 5.95. The molecule has 0 aliphatic rings. The fourth-order valence-electron chi connectivity index (χ4n) is 1.98. The van der Waals surface area contributed by atoms with Gasteiger partial charge in [-0.3, -0.25) is 0 Å². The Morgan fingerprint density at radius 2 is 1.70 bits per heavy atom. The highest BCUT2D eigenvalue weighted by Gasteiger charge is 2.30. The van der Waals surface area contributed by atoms with Crippen LogP contribution in [0.4, 0.5) is 18.9 Å². The first-order chi connectivity index (χ1) is 9.29. The minimum absolute atomic E-state index is 0.514. The second-order valence-corrected chi connectivity index (χ2v) is 5.07. The minimum Gasteiger partial charge on any atom is -0.377 e. The Kier molecular flexibility index (Phi) is 3.95. The summed E-state index contributed by atoms with van der Waals surface area (Å²) in [6.45, 7) is 0. The quantitative estimate of drug-likeness (QED) is 0.746. The first kappa shape index (κ1) is 14.7. The molecule has 0 saturated carbocycles. The van der Waals surface area contributed by atoms with Crippen molar-refractivity contribution in [2.75, 3.05) is 19.0 Å². The van der Waals surface area contributed by atoms with Crippen molar-refractivity contribution in [1.29, 1.82) is 0 Å². The topological polar surface area (TPSA) is 3.24 Å². The lowest BCUT2D eigenvalue weighted by Gasteiger charge is -2.18. The number of halogens is 4. The highest BCUT2D eigenvalue weighted by Crippen LogP contribution is 2.36. The summed E-state index contributed by atoms with van der Waals surface area (Å²) in [4.78, 5) is 1.82. The molecule has 0 bridgehead atoms. The Bertz CT molecular complexity index is 621. The fraction of sp³-hybridized carbons (Fsp3) is 0.200. The van der Waals surface area contributed by atoms with Crippen molar-refractivity contribution in [3.63, 3.8) is 0 Å². The molecule has 0 unspecified atom stereocenters. The van der Waals surface area contributed by atoms with Gasteiger partial charge in [0.25, 0.3) is 0 Å². The number of hydrogen-bond acceptors (Lipinski definition) is 1. The Morgan fingerprint density at radius 3 is 2.30 bits per heavy atom. The van der Waals surface area contributed by atoms with Crippen LogP contribution in [0.1, 0.15) is 5.56 Å². The molecular formula is C15H13ClF3N. The molecule has 0 aliphatic heterocycles. The third-order valence-electron chi connectivity index (χ3n) is 2.94. The SMILES string of the molecule is CN(C)c1cc(Cl)ccc1-c1cccc(C(F)(F)F)c1. The Labute approximate surface area is 120 Å². The number of hydrogen-bond donors (Lipinski definition) is 0. The van der Waals surface area contributed by atoms with Gasteiger partial charge in [-0.15, -0.1) is 0 Å². The van der Waals surface area contributed by atoms with E-state index in [2.05, 4.69) is 0 Å². The van der Waals surface area contributed by atoms with Crippen molar-refractivity contribution in [2.45, 2.75) is 6.18 Å². The molecule has 0 saturated heterocycles. The molecule has 1 nitrogen and oxygen atoms in total. The van der Waals surface area contributed by atoms with Gasteiger partial charge in [-0.05, 0) is 29.8 Å². The van der Waals surface area contributed by atoms with Crippen LogP contribution in [0.25, 0.3) is 11.1 Å². The molecule has 0 aromatic heterocycles. The van der Waals surface area contributed by atoms with Crippen LogP contribution in [0, 0.1) is 0 Å². The Balaban J connectivity index is 2.57. The Morgan fingerprint density at radius 1 is 1.00 bits per heavy atom. The van der Waals surface area contributed by atoms with Crippen molar-refractivity contribution in [1.82, 2.24) is 0 Å². The van der Waals surface area contributed by atoms with Gasteiger partial charge in [0.2, 0.25) is 0 Å². The zero-order valence-corrected chi connectivity index (χ0v) is 11.8. The third kappa shape index (κ3) is 3.07. The van der Waals surface area contributed by atoms with Gasteiger partial charge in [-0.25, -0.2) is 0 Å². The van der Waals surface area contributed by atoms with Crippen LogP contribution in [-0.4, -0.2) is 14.1 Å². The normalized spacial score (nSPS) is 11.5. The summed E-state index contributed by atoms with van der Waals surface area (Å²) < 4.78 is 38.3. The van der Waals surface area contributed by atoms with Crippen LogP contribution in [0.3, 0.4) is 0 Å². The fourth-order valence-corrected chi connectivity index (χ4v) is 2.15. The van der Waals surface area contributed by atoms with Gasteiger partial charge in [0.1, 0.15) is 0 Å². The van der Waals surface area contributed by atoms with E-state index in [-0.39, 0.29) is 0 Å². The monoisotopic (exact) mass is 299 g/mol. The van der Waals surface area contributed by atoms with E-state index >= 15 is 0 Å². The summed E-state index contributed by atoms with van der Waals surface area (Å²) in [6.07, 6.45) is -4.35. The molecule has 5 heteroatoms. The average Bonchev–Trinajstić information content (AvgIpc) is 2.37. The van der Waals surface area contributed by atoms with Gasteiger partial charge in [0.15, 0.2) is 0 Å². The third-order valence-corrected chi connectivity index (χ3v) is 3.18. The van der Waals surface area contributed by atoms with Crippen LogP contribution < -0.4 is 4.90 Å². The van der Waals surface area contributed by atoms with Crippen LogP contribution in [0.15, 0.2) is 42.5 Å². The lowest BCUT2D eigenvalue weighted by Crippen LogP contribution is -2.10. The molecule has 0 fully saturated rings. The molecule has 20 heavy (non-hydrogen) atoms. The molecule has 106 valence electrons. The average molecular weight is 300 g/mol. The van der Waals surface area contributed by atoms with Gasteiger partial charge in [0.05, 0.1) is 5.56 Å². The van der Waals surface area contributed by atoms with Crippen LogP contribution in [-0.2, 0) is 6.18 Å². The number of benzene rings is 2. The van der Waals surface area contributed by atoms with Gasteiger partial charge >= 0.3 is 6.18 Å². The van der Waals surface area contributed by atoms with E-state index in [0.29, 0.717) is 16.1 Å². The zero-order chi connectivity index (χ0) is 14.9. The predicted octanol–water partition coefficient (Wildman–Crippen LogP) is 5.09. The van der Waals surface area contributed by atoms with Crippen LogP contribution >= 0.6 is 11.6 Å². The van der Waals surface area contributed by atoms with Gasteiger partial charge in [0, 0.05) is 30.4 Å². The van der Waals surface area contributed by atoms with Crippen molar-refractivity contribution >= 4 is 17.3 Å². The van der Waals surface area contributed by atoms with Gasteiger partial charge in [-0.2, -0.15) is 13.2 Å². The minimum atomic E-state index is -4.35. The van der Waals surface area contributed by atoms with E-state index in [1.54, 1.807) is 24.3 Å². The van der Waals surface area contributed by atoms with Gasteiger partial charge in [-0.1, -0.05) is 29.8 Å². The van der Waals surface area contributed by atoms with Crippen molar-refractivity contribution in [2.24, 2.45) is 0 Å². The van der Waals surface area contributed by atoms with Gasteiger partial charge < -0.3 is 4.90 Å². The standard InChI is InChI=1S/C15H13ClF3N/c1-20(2)14-9-12(16)6-7-13(14)10-4-3-5-11(8-10)15(17,18)19/h3-9H,1-2H3. The molecular weight excluding hydrogens is 287 g/mol. The second kappa shape index (κ2) is 5.37. The maximum atomic E-state index is 12.8. The molecule has 0 amide bonds. The molecule has 0 radical (unpaired) electrons. The molecule has 0 heterocycles. The molecule has 2 aromatic carbocycles. The number of alkyl halides is 3. The summed E-state index contributed by atoms with van der Waals surface area (Å²) in [5.41, 5.74) is 1.34. The first-order valence-electron chi connectivity index (χ1n) is 5.93. The van der Waals surface area contributed by atoms with E-state index in [4.69, 9.17) is 11.6 Å². The lowest BCUT2D eigenvalue weighted by molar-refractivity contribution is -0.137. The number of rotatable bonds is 2. The van der Waals surface area contributed by atoms with Crippen molar-refractivity contribution < 1.29 is 13.2 Å². The van der Waals surface area contributed by atoms with E-state index in [0.717, 1.165) is 17.8 Å². The maximum Gasteiger partial charge on any atom is 0.416 e.